The van der Waals surface area contributed by atoms with Crippen molar-refractivity contribution in [1.82, 2.24) is 4.98 Å². The fourth-order valence-corrected chi connectivity index (χ4v) is 4.98. The van der Waals surface area contributed by atoms with Gasteiger partial charge in [-0.1, -0.05) is 82.9 Å². The first-order valence-corrected chi connectivity index (χ1v) is 11.8. The number of nitrogens with zero attached hydrogens (tertiary/aromatic N) is 1. The summed E-state index contributed by atoms with van der Waals surface area (Å²) in [6.45, 7) is 0. The molecular formula is C28H17Cl2FNNaOS. The summed E-state index contributed by atoms with van der Waals surface area (Å²) in [5.74, 6) is -0.699. The third-order valence-corrected chi connectivity index (χ3v) is 6.72. The number of fused-ring (bicyclic) bond motifs is 3. The molecule has 7 heteroatoms. The quantitative estimate of drug-likeness (QED) is 0.288. The molecule has 4 aromatic rings. The van der Waals surface area contributed by atoms with Gasteiger partial charge in [-0.15, -0.1) is 12.2 Å². The number of hydrogen-bond acceptors (Lipinski definition) is 3. The van der Waals surface area contributed by atoms with E-state index in [4.69, 9.17) is 35.4 Å². The molecule has 0 bridgehead atoms. The van der Waals surface area contributed by atoms with Crippen molar-refractivity contribution in [3.63, 3.8) is 0 Å². The van der Waals surface area contributed by atoms with Crippen LogP contribution in [0.15, 0.2) is 60.7 Å². The van der Waals surface area contributed by atoms with Crippen LogP contribution in [0.1, 0.15) is 45.8 Å². The molecule has 0 aliphatic heterocycles. The molecule has 168 valence electrons. The molecule has 2 nitrogen and oxygen atoms in total. The molecule has 0 spiro atoms. The van der Waals surface area contributed by atoms with Crippen LogP contribution in [-0.4, -0.2) is 10.0 Å². The summed E-state index contributed by atoms with van der Waals surface area (Å²) in [5, 5.41) is 13.0. The van der Waals surface area contributed by atoms with Crippen molar-refractivity contribution < 1.29 is 39.1 Å². The number of benzene rings is 3. The van der Waals surface area contributed by atoms with Crippen LogP contribution in [0, 0.1) is 5.82 Å². The third kappa shape index (κ3) is 5.54. The molecule has 0 N–H and O–H groups in total. The van der Waals surface area contributed by atoms with E-state index in [1.165, 1.54) is 12.1 Å². The molecule has 1 aliphatic rings. The molecule has 1 unspecified atom stereocenters. The Labute approximate surface area is 240 Å². The summed E-state index contributed by atoms with van der Waals surface area (Å²) >= 11 is 17.4. The first-order valence-electron chi connectivity index (χ1n) is 10.6. The molecule has 1 heterocycles. The second-order valence-electron chi connectivity index (χ2n) is 8.12. The SMILES string of the molecule is [Na+].[O-]C(=S)CC1c2cc(/C=C/c3ccc4cc(F)c(Cl)cc4n3)ccc2C=Cc2cccc(Cl)c21. The minimum absolute atomic E-state index is 0. The molecule has 0 amide bonds. The maximum atomic E-state index is 13.7. The Morgan fingerprint density at radius 1 is 0.971 bits per heavy atom. The van der Waals surface area contributed by atoms with Gasteiger partial charge in [0, 0.05) is 16.3 Å². The van der Waals surface area contributed by atoms with Gasteiger partial charge >= 0.3 is 29.6 Å². The van der Waals surface area contributed by atoms with Crippen molar-refractivity contribution in [3.05, 3.63) is 110 Å². The predicted octanol–water partition coefficient (Wildman–Crippen LogP) is 4.55. The van der Waals surface area contributed by atoms with E-state index in [-0.39, 0.29) is 52.0 Å². The maximum absolute atomic E-state index is 13.7. The number of rotatable bonds is 4. The van der Waals surface area contributed by atoms with Gasteiger partial charge in [0.2, 0.25) is 0 Å². The summed E-state index contributed by atoms with van der Waals surface area (Å²) in [7, 11) is 0. The van der Waals surface area contributed by atoms with E-state index in [2.05, 4.69) is 11.1 Å². The Balaban J connectivity index is 0.00000289. The van der Waals surface area contributed by atoms with Crippen molar-refractivity contribution >= 4 is 75.7 Å². The second-order valence-corrected chi connectivity index (χ2v) is 9.39. The average molecular weight is 528 g/mol. The van der Waals surface area contributed by atoms with Gasteiger partial charge < -0.3 is 5.11 Å². The Kier molecular flexibility index (Phi) is 8.12. The largest absolute Gasteiger partial charge is 1.00 e. The Hall–Kier alpha value is -2.05. The molecule has 0 saturated heterocycles. The molecule has 35 heavy (non-hydrogen) atoms. The van der Waals surface area contributed by atoms with Crippen molar-refractivity contribution in [2.75, 3.05) is 0 Å². The van der Waals surface area contributed by atoms with Gasteiger partial charge in [0.1, 0.15) is 5.82 Å². The van der Waals surface area contributed by atoms with Crippen LogP contribution >= 0.6 is 35.4 Å². The molecule has 1 atom stereocenters. The van der Waals surface area contributed by atoms with Crippen molar-refractivity contribution in [1.29, 1.82) is 0 Å². The standard InChI is InChI=1S/C28H18Cl2FNOS.Na/c29-23-3-1-2-18-8-7-17-6-4-16(12-21(17)22(28(18)23)14-27(33)34)5-10-20-11-9-19-13-25(31)24(30)15-26(19)32-20;/h1-13,15,22H,14H2,(H,33,34);/q;+1/p-1/b10-5+;. The summed E-state index contributed by atoms with van der Waals surface area (Å²) in [6.07, 6.45) is 8.10. The zero-order chi connectivity index (χ0) is 23.8. The molecule has 1 aromatic heterocycles. The van der Waals surface area contributed by atoms with E-state index >= 15 is 0 Å². The molecule has 0 radical (unpaired) electrons. The number of thiocarbonyl (C=S) groups is 1. The number of halogens is 3. The summed E-state index contributed by atoms with van der Waals surface area (Å²) in [4.78, 5) is 4.57. The van der Waals surface area contributed by atoms with Gasteiger partial charge in [-0.05, 0) is 64.6 Å². The fraction of sp³-hybridized carbons (Fsp3) is 0.0714. The normalized spacial score (nSPS) is 14.3. The van der Waals surface area contributed by atoms with Crippen LogP contribution < -0.4 is 34.7 Å². The van der Waals surface area contributed by atoms with Crippen LogP contribution in [0.2, 0.25) is 10.0 Å². The van der Waals surface area contributed by atoms with Crippen molar-refractivity contribution in [2.24, 2.45) is 0 Å². The minimum atomic E-state index is -0.466. The zero-order valence-corrected chi connectivity index (χ0v) is 23.1. The van der Waals surface area contributed by atoms with Gasteiger partial charge in [0.05, 0.1) is 16.2 Å². The van der Waals surface area contributed by atoms with E-state index in [9.17, 15) is 9.50 Å². The Morgan fingerprint density at radius 2 is 1.77 bits per heavy atom. The van der Waals surface area contributed by atoms with E-state index in [1.54, 1.807) is 0 Å². The predicted molar refractivity (Wildman–Crippen MR) is 142 cm³/mol. The molecule has 0 fully saturated rings. The first-order chi connectivity index (χ1) is 16.4. The van der Waals surface area contributed by atoms with Gasteiger partial charge in [0.15, 0.2) is 0 Å². The van der Waals surface area contributed by atoms with Crippen LogP contribution in [0.4, 0.5) is 4.39 Å². The Bertz CT molecular complexity index is 1520. The molecule has 0 saturated carbocycles. The molecule has 3 aromatic carbocycles. The summed E-state index contributed by atoms with van der Waals surface area (Å²) in [5.41, 5.74) is 6.20. The monoisotopic (exact) mass is 527 g/mol. The third-order valence-electron chi connectivity index (χ3n) is 5.93. The van der Waals surface area contributed by atoms with E-state index in [1.807, 2.05) is 66.8 Å². The van der Waals surface area contributed by atoms with Crippen LogP contribution in [0.3, 0.4) is 0 Å². The van der Waals surface area contributed by atoms with E-state index in [0.717, 1.165) is 33.5 Å². The fourth-order valence-electron chi connectivity index (χ4n) is 4.34. The second kappa shape index (κ2) is 10.9. The van der Waals surface area contributed by atoms with Crippen LogP contribution in [0.25, 0.3) is 35.2 Å². The van der Waals surface area contributed by atoms with Gasteiger partial charge in [-0.2, -0.15) is 0 Å². The smallest absolute Gasteiger partial charge is 0.867 e. The number of hydrogen-bond donors (Lipinski definition) is 0. The van der Waals surface area contributed by atoms with Crippen molar-refractivity contribution in [3.8, 4) is 0 Å². The topological polar surface area (TPSA) is 36.0 Å². The van der Waals surface area contributed by atoms with Gasteiger partial charge in [-0.3, -0.25) is 0 Å². The zero-order valence-electron chi connectivity index (χ0n) is 18.8. The maximum Gasteiger partial charge on any atom is 1.00 e. The van der Waals surface area contributed by atoms with E-state index < -0.39 is 5.82 Å². The Morgan fingerprint density at radius 3 is 2.57 bits per heavy atom. The minimum Gasteiger partial charge on any atom is -0.867 e. The van der Waals surface area contributed by atoms with Gasteiger partial charge in [-0.25, -0.2) is 9.37 Å². The summed E-state index contributed by atoms with van der Waals surface area (Å²) in [6, 6.07) is 18.4. The molecule has 5 rings (SSSR count). The van der Waals surface area contributed by atoms with E-state index in [0.29, 0.717) is 15.9 Å². The molecule has 1 aliphatic carbocycles. The van der Waals surface area contributed by atoms with Crippen molar-refractivity contribution in [2.45, 2.75) is 12.3 Å². The number of pyridine rings is 1. The first kappa shape index (κ1) is 26.0. The van der Waals surface area contributed by atoms with Crippen LogP contribution in [-0.2, 0) is 0 Å². The van der Waals surface area contributed by atoms with Gasteiger partial charge in [0.25, 0.3) is 0 Å². The molecular weight excluding hydrogens is 511 g/mol. The average Bonchev–Trinajstić information content (AvgIpc) is 2.96. The van der Waals surface area contributed by atoms with Crippen LogP contribution in [0.5, 0.6) is 0 Å². The summed E-state index contributed by atoms with van der Waals surface area (Å²) < 4.78 is 13.7. The number of aromatic nitrogens is 1.